The Bertz CT molecular complexity index is 1320. The first-order chi connectivity index (χ1) is 15.8. The first-order valence-corrected chi connectivity index (χ1v) is 12.5. The Morgan fingerprint density at radius 1 is 1.06 bits per heavy atom. The van der Waals surface area contributed by atoms with Crippen LogP contribution in [0.3, 0.4) is 0 Å². The minimum absolute atomic E-state index is 0.0195. The van der Waals surface area contributed by atoms with Crippen molar-refractivity contribution in [3.63, 3.8) is 0 Å². The van der Waals surface area contributed by atoms with E-state index in [0.29, 0.717) is 40.7 Å². The molecule has 0 unspecified atom stereocenters. The summed E-state index contributed by atoms with van der Waals surface area (Å²) < 4.78 is 38.4. The van der Waals surface area contributed by atoms with Gasteiger partial charge in [0, 0.05) is 35.8 Å². The number of pyridine rings is 1. The lowest BCUT2D eigenvalue weighted by atomic mass is 9.98. The van der Waals surface area contributed by atoms with E-state index in [1.807, 2.05) is 0 Å². The molecule has 1 aromatic heterocycles. The van der Waals surface area contributed by atoms with Gasteiger partial charge in [0.1, 0.15) is 0 Å². The van der Waals surface area contributed by atoms with Crippen molar-refractivity contribution in [1.82, 2.24) is 9.88 Å². The number of amides is 1. The lowest BCUT2D eigenvalue weighted by molar-refractivity contribution is 0.0693. The molecule has 7 nitrogen and oxygen atoms in total. The zero-order valence-corrected chi connectivity index (χ0v) is 20.2. The molecule has 0 aliphatic carbocycles. The van der Waals surface area contributed by atoms with Crippen LogP contribution in [0.2, 0.25) is 5.02 Å². The van der Waals surface area contributed by atoms with Gasteiger partial charge in [-0.2, -0.15) is 0 Å². The van der Waals surface area contributed by atoms with Gasteiger partial charge in [-0.3, -0.25) is 9.78 Å². The summed E-state index contributed by atoms with van der Waals surface area (Å²) in [6.45, 7) is 3.29. The molecule has 0 radical (unpaired) electrons. The van der Waals surface area contributed by atoms with Crippen LogP contribution in [0.25, 0.3) is 10.9 Å². The number of ether oxygens (including phenoxy) is 2. The molecule has 2 heterocycles. The second kappa shape index (κ2) is 9.19. The molecule has 1 fully saturated rings. The molecule has 4 rings (SSSR count). The number of hydrogen-bond donors (Lipinski definition) is 0. The van der Waals surface area contributed by atoms with E-state index in [9.17, 15) is 13.2 Å². The average Bonchev–Trinajstić information content (AvgIpc) is 2.82. The Hall–Kier alpha value is -2.84. The maximum atomic E-state index is 13.9. The number of sulfone groups is 1. The second-order valence-electron chi connectivity index (χ2n) is 8.16. The Morgan fingerprint density at radius 3 is 2.42 bits per heavy atom. The first-order valence-electron chi connectivity index (χ1n) is 10.6. The van der Waals surface area contributed by atoms with Crippen molar-refractivity contribution in [1.29, 1.82) is 0 Å². The third-order valence-corrected chi connectivity index (χ3v) is 8.10. The highest BCUT2D eigenvalue weighted by molar-refractivity contribution is 7.91. The number of piperidine rings is 1. The molecular weight excluding hydrogens is 464 g/mol. The monoisotopic (exact) mass is 488 g/mol. The molecule has 33 heavy (non-hydrogen) atoms. The quantitative estimate of drug-likeness (QED) is 0.521. The molecule has 1 amide bonds. The molecule has 0 N–H and O–H groups in total. The molecule has 2 aromatic carbocycles. The number of aromatic nitrogens is 1. The van der Waals surface area contributed by atoms with Crippen LogP contribution in [0.1, 0.15) is 30.1 Å². The van der Waals surface area contributed by atoms with E-state index in [1.165, 1.54) is 44.7 Å². The number of methoxy groups -OCH3 is 2. The summed E-state index contributed by atoms with van der Waals surface area (Å²) in [6, 6.07) is 9.16. The maximum Gasteiger partial charge on any atom is 0.256 e. The van der Waals surface area contributed by atoms with Crippen molar-refractivity contribution >= 4 is 38.2 Å². The van der Waals surface area contributed by atoms with Gasteiger partial charge in [0.05, 0.1) is 35.1 Å². The highest BCUT2D eigenvalue weighted by Crippen LogP contribution is 2.36. The fourth-order valence-electron chi connectivity index (χ4n) is 4.07. The number of carbonyl (C=O) groups excluding carboxylic acids is 1. The lowest BCUT2D eigenvalue weighted by Gasteiger charge is -2.30. The maximum absolute atomic E-state index is 13.9. The van der Waals surface area contributed by atoms with Crippen molar-refractivity contribution in [3.05, 3.63) is 53.2 Å². The number of fused-ring (bicyclic) bond motifs is 1. The molecular formula is C24H25ClN2O5S. The Labute approximate surface area is 198 Å². The fraction of sp³-hybridized carbons (Fsp3) is 0.333. The highest BCUT2D eigenvalue weighted by Gasteiger charge is 2.32. The van der Waals surface area contributed by atoms with E-state index in [2.05, 4.69) is 11.9 Å². The summed E-state index contributed by atoms with van der Waals surface area (Å²) in [6.07, 6.45) is 3.09. The largest absolute Gasteiger partial charge is 0.493 e. The van der Waals surface area contributed by atoms with Crippen LogP contribution in [0.15, 0.2) is 52.4 Å². The van der Waals surface area contributed by atoms with Crippen molar-refractivity contribution in [3.8, 4) is 11.5 Å². The Balaban J connectivity index is 1.93. The van der Waals surface area contributed by atoms with E-state index in [0.717, 1.165) is 12.8 Å². The number of benzene rings is 2. The number of likely N-dealkylation sites (tertiary alicyclic amines) is 1. The molecule has 3 aromatic rings. The topological polar surface area (TPSA) is 85.8 Å². The third-order valence-electron chi connectivity index (χ3n) is 6.02. The van der Waals surface area contributed by atoms with Crippen LogP contribution in [-0.4, -0.2) is 51.5 Å². The number of nitrogens with zero attached hydrogens (tertiary/aromatic N) is 2. The lowest BCUT2D eigenvalue weighted by Crippen LogP contribution is -2.38. The van der Waals surface area contributed by atoms with Gasteiger partial charge in [-0.1, -0.05) is 18.5 Å². The van der Waals surface area contributed by atoms with E-state index < -0.39 is 9.84 Å². The molecule has 9 heteroatoms. The van der Waals surface area contributed by atoms with Gasteiger partial charge >= 0.3 is 0 Å². The van der Waals surface area contributed by atoms with Gasteiger partial charge in [-0.05, 0) is 49.1 Å². The summed E-state index contributed by atoms with van der Waals surface area (Å²) in [5.41, 5.74) is 0.469. The van der Waals surface area contributed by atoms with Crippen molar-refractivity contribution in [2.24, 2.45) is 5.92 Å². The summed E-state index contributed by atoms with van der Waals surface area (Å²) in [5.74, 6) is 0.846. The van der Waals surface area contributed by atoms with E-state index in [1.54, 1.807) is 17.0 Å². The minimum Gasteiger partial charge on any atom is -0.493 e. The summed E-state index contributed by atoms with van der Waals surface area (Å²) in [4.78, 5) is 19.4. The average molecular weight is 489 g/mol. The van der Waals surface area contributed by atoms with Crippen LogP contribution >= 0.6 is 11.6 Å². The number of rotatable bonds is 5. The van der Waals surface area contributed by atoms with Crippen molar-refractivity contribution in [2.45, 2.75) is 29.6 Å². The van der Waals surface area contributed by atoms with Crippen molar-refractivity contribution < 1.29 is 22.7 Å². The molecule has 1 aliphatic rings. The predicted octanol–water partition coefficient (Wildman–Crippen LogP) is 4.61. The highest BCUT2D eigenvalue weighted by atomic mass is 35.5. The molecule has 1 aliphatic heterocycles. The van der Waals surface area contributed by atoms with E-state index >= 15 is 0 Å². The number of carbonyl (C=O) groups is 1. The zero-order chi connectivity index (χ0) is 23.8. The van der Waals surface area contributed by atoms with Crippen LogP contribution < -0.4 is 9.47 Å². The molecule has 1 saturated heterocycles. The smallest absolute Gasteiger partial charge is 0.256 e. The molecule has 0 bridgehead atoms. The number of halogens is 1. The van der Waals surface area contributed by atoms with Crippen LogP contribution in [0.5, 0.6) is 11.5 Å². The van der Waals surface area contributed by atoms with Crippen molar-refractivity contribution in [2.75, 3.05) is 27.3 Å². The number of hydrogen-bond acceptors (Lipinski definition) is 6. The van der Waals surface area contributed by atoms with Gasteiger partial charge in [0.15, 0.2) is 11.5 Å². The van der Waals surface area contributed by atoms with Crippen LogP contribution in [-0.2, 0) is 9.84 Å². The Kier molecular flexibility index (Phi) is 6.50. The SMILES string of the molecule is COc1ccc(S(=O)(=O)c2c(C(=O)N3CCC(C)CC3)cnc3ccc(Cl)cc23)cc1OC. The summed E-state index contributed by atoms with van der Waals surface area (Å²) >= 11 is 6.22. The van der Waals surface area contributed by atoms with Crippen LogP contribution in [0.4, 0.5) is 0 Å². The zero-order valence-electron chi connectivity index (χ0n) is 18.7. The fourth-order valence-corrected chi connectivity index (χ4v) is 5.87. The predicted molar refractivity (Wildman–Crippen MR) is 126 cm³/mol. The first kappa shape index (κ1) is 23.3. The normalized spacial score (nSPS) is 15.0. The third kappa shape index (κ3) is 4.37. The van der Waals surface area contributed by atoms with E-state index in [-0.39, 0.29) is 27.0 Å². The second-order valence-corrected chi connectivity index (χ2v) is 10.5. The van der Waals surface area contributed by atoms with Crippen LogP contribution in [0, 0.1) is 5.92 Å². The molecule has 0 spiro atoms. The molecule has 174 valence electrons. The van der Waals surface area contributed by atoms with Gasteiger partial charge in [0.25, 0.3) is 5.91 Å². The minimum atomic E-state index is -4.15. The molecule has 0 saturated carbocycles. The van der Waals surface area contributed by atoms with Gasteiger partial charge in [0.2, 0.25) is 9.84 Å². The summed E-state index contributed by atoms with van der Waals surface area (Å²) in [7, 11) is -1.24. The van der Waals surface area contributed by atoms with E-state index in [4.69, 9.17) is 21.1 Å². The Morgan fingerprint density at radius 2 is 1.76 bits per heavy atom. The van der Waals surface area contributed by atoms with Gasteiger partial charge < -0.3 is 14.4 Å². The standard InChI is InChI=1S/C24H25ClN2O5S/c1-15-8-10-27(11-9-15)24(28)19-14-26-20-6-4-16(25)12-18(20)23(19)33(29,30)17-5-7-21(31-2)22(13-17)32-3/h4-7,12-15H,8-11H2,1-3H3. The molecule has 0 atom stereocenters. The van der Waals surface area contributed by atoms with Gasteiger partial charge in [-0.15, -0.1) is 0 Å². The van der Waals surface area contributed by atoms with Gasteiger partial charge in [-0.25, -0.2) is 8.42 Å². The summed E-state index contributed by atoms with van der Waals surface area (Å²) in [5, 5.41) is 0.651.